The van der Waals surface area contributed by atoms with E-state index in [-0.39, 0.29) is 0 Å². The lowest BCUT2D eigenvalue weighted by Crippen LogP contribution is -2.27. The van der Waals surface area contributed by atoms with Crippen molar-refractivity contribution in [2.45, 2.75) is 6.92 Å². The van der Waals surface area contributed by atoms with Crippen LogP contribution in [0, 0.1) is 6.92 Å². The van der Waals surface area contributed by atoms with Crippen molar-refractivity contribution >= 4 is 11.3 Å². The van der Waals surface area contributed by atoms with Crippen molar-refractivity contribution in [3.8, 4) is 5.13 Å². The largest absolute Gasteiger partial charge is 0.334 e. The van der Waals surface area contributed by atoms with Gasteiger partial charge in [0, 0.05) is 17.6 Å². The Morgan fingerprint density at radius 3 is 2.86 bits per heavy atom. The SMILES string of the molecule is Cc1csc(-n2ccc(=O)[nH]c2=O)n1. The van der Waals surface area contributed by atoms with E-state index < -0.39 is 11.2 Å². The lowest BCUT2D eigenvalue weighted by molar-refractivity contribution is 0.883. The Balaban J connectivity index is 2.63. The molecule has 2 rings (SSSR count). The number of H-pyrrole nitrogens is 1. The van der Waals surface area contributed by atoms with Crippen LogP contribution in [0.3, 0.4) is 0 Å². The molecular weight excluding hydrogens is 202 g/mol. The van der Waals surface area contributed by atoms with Gasteiger partial charge in [0.1, 0.15) is 0 Å². The third-order valence-electron chi connectivity index (χ3n) is 1.64. The van der Waals surface area contributed by atoms with Crippen LogP contribution in [-0.2, 0) is 0 Å². The fourth-order valence-electron chi connectivity index (χ4n) is 1.02. The molecule has 0 aliphatic heterocycles. The molecule has 72 valence electrons. The molecule has 0 radical (unpaired) electrons. The average Bonchev–Trinajstić information content (AvgIpc) is 2.51. The maximum Gasteiger partial charge on any atom is 0.334 e. The van der Waals surface area contributed by atoms with Gasteiger partial charge in [0.25, 0.3) is 5.56 Å². The number of thiazole rings is 1. The second kappa shape index (κ2) is 3.22. The van der Waals surface area contributed by atoms with Gasteiger partial charge in [-0.3, -0.25) is 9.78 Å². The maximum atomic E-state index is 11.3. The van der Waals surface area contributed by atoms with Crippen LogP contribution in [0.4, 0.5) is 0 Å². The lowest BCUT2D eigenvalue weighted by Gasteiger charge is -1.97. The number of aryl methyl sites for hydroxylation is 1. The number of nitrogens with zero attached hydrogens (tertiary/aromatic N) is 2. The predicted octanol–water partition coefficient (Wildman–Crippen LogP) is 0.291. The minimum Gasteiger partial charge on any atom is -0.274 e. The van der Waals surface area contributed by atoms with E-state index in [4.69, 9.17) is 0 Å². The van der Waals surface area contributed by atoms with Crippen molar-refractivity contribution in [1.29, 1.82) is 0 Å². The molecular formula is C8H7N3O2S. The van der Waals surface area contributed by atoms with E-state index in [1.807, 2.05) is 12.3 Å². The van der Waals surface area contributed by atoms with E-state index in [0.29, 0.717) is 5.13 Å². The van der Waals surface area contributed by atoms with Crippen LogP contribution in [0.2, 0.25) is 0 Å². The molecule has 5 nitrogen and oxygen atoms in total. The minimum atomic E-state index is -0.466. The summed E-state index contributed by atoms with van der Waals surface area (Å²) in [6, 6.07) is 1.29. The van der Waals surface area contributed by atoms with Gasteiger partial charge in [-0.2, -0.15) is 0 Å². The molecule has 0 aromatic carbocycles. The normalized spacial score (nSPS) is 10.4. The Bertz CT molecular complexity index is 566. The van der Waals surface area contributed by atoms with Crippen molar-refractivity contribution in [3.05, 3.63) is 44.2 Å². The molecule has 2 heterocycles. The summed E-state index contributed by atoms with van der Waals surface area (Å²) in [5.74, 6) is 0. The van der Waals surface area contributed by atoms with Crippen LogP contribution in [0.5, 0.6) is 0 Å². The Labute approximate surface area is 82.7 Å². The number of nitrogens with one attached hydrogen (secondary N) is 1. The summed E-state index contributed by atoms with van der Waals surface area (Å²) in [5.41, 5.74) is -0.0190. The van der Waals surface area contributed by atoms with E-state index >= 15 is 0 Å². The zero-order chi connectivity index (χ0) is 10.1. The summed E-state index contributed by atoms with van der Waals surface area (Å²) in [4.78, 5) is 28.4. The highest BCUT2D eigenvalue weighted by Gasteiger charge is 2.03. The van der Waals surface area contributed by atoms with Gasteiger partial charge in [-0.15, -0.1) is 11.3 Å². The molecule has 14 heavy (non-hydrogen) atoms. The van der Waals surface area contributed by atoms with E-state index in [1.54, 1.807) is 0 Å². The molecule has 0 atom stereocenters. The summed E-state index contributed by atoms with van der Waals surface area (Å²) < 4.78 is 1.30. The first-order chi connectivity index (χ1) is 6.66. The summed E-state index contributed by atoms with van der Waals surface area (Å²) in [6.07, 6.45) is 1.42. The van der Waals surface area contributed by atoms with Gasteiger partial charge >= 0.3 is 5.69 Å². The lowest BCUT2D eigenvalue weighted by atomic mass is 10.6. The van der Waals surface area contributed by atoms with Gasteiger partial charge in [0.05, 0.1) is 5.69 Å². The number of aromatic amines is 1. The first-order valence-electron chi connectivity index (χ1n) is 3.91. The van der Waals surface area contributed by atoms with Crippen molar-refractivity contribution in [3.63, 3.8) is 0 Å². The monoisotopic (exact) mass is 209 g/mol. The van der Waals surface area contributed by atoms with Crippen molar-refractivity contribution in [2.75, 3.05) is 0 Å². The highest BCUT2D eigenvalue weighted by Crippen LogP contribution is 2.10. The van der Waals surface area contributed by atoms with Crippen LogP contribution in [0.25, 0.3) is 5.13 Å². The summed E-state index contributed by atoms with van der Waals surface area (Å²) >= 11 is 1.35. The third-order valence-corrected chi connectivity index (χ3v) is 2.59. The Hall–Kier alpha value is -1.69. The van der Waals surface area contributed by atoms with Gasteiger partial charge in [0.15, 0.2) is 5.13 Å². The minimum absolute atomic E-state index is 0.403. The number of aromatic nitrogens is 3. The Morgan fingerprint density at radius 1 is 1.50 bits per heavy atom. The zero-order valence-corrected chi connectivity index (χ0v) is 8.17. The fraction of sp³-hybridized carbons (Fsp3) is 0.125. The van der Waals surface area contributed by atoms with E-state index in [9.17, 15) is 9.59 Å². The molecule has 0 aliphatic carbocycles. The predicted molar refractivity (Wildman–Crippen MR) is 53.1 cm³/mol. The molecule has 0 amide bonds. The first kappa shape index (κ1) is 8.89. The molecule has 0 aliphatic rings. The number of hydrogen-bond donors (Lipinski definition) is 1. The van der Waals surface area contributed by atoms with Gasteiger partial charge in [-0.05, 0) is 6.92 Å². The highest BCUT2D eigenvalue weighted by atomic mass is 32.1. The van der Waals surface area contributed by atoms with Crippen LogP contribution in [-0.4, -0.2) is 14.5 Å². The van der Waals surface area contributed by atoms with E-state index in [2.05, 4.69) is 9.97 Å². The standard InChI is InChI=1S/C8H7N3O2S/c1-5-4-14-8(9-5)11-3-2-6(12)10-7(11)13/h2-4H,1H3,(H,10,12,13). The van der Waals surface area contributed by atoms with Crippen molar-refractivity contribution in [2.24, 2.45) is 0 Å². The highest BCUT2D eigenvalue weighted by molar-refractivity contribution is 7.12. The van der Waals surface area contributed by atoms with Crippen molar-refractivity contribution in [1.82, 2.24) is 14.5 Å². The quantitative estimate of drug-likeness (QED) is 0.734. The van der Waals surface area contributed by atoms with E-state index in [1.165, 1.54) is 28.2 Å². The molecule has 1 N–H and O–H groups in total. The molecule has 0 spiro atoms. The summed E-state index contributed by atoms with van der Waals surface area (Å²) in [7, 11) is 0. The van der Waals surface area contributed by atoms with Gasteiger partial charge < -0.3 is 0 Å². The molecule has 0 fully saturated rings. The number of rotatable bonds is 1. The molecule has 6 heteroatoms. The van der Waals surface area contributed by atoms with Gasteiger partial charge in [-0.1, -0.05) is 0 Å². The molecule has 0 saturated heterocycles. The second-order valence-electron chi connectivity index (χ2n) is 2.75. The summed E-state index contributed by atoms with van der Waals surface area (Å²) in [5, 5.41) is 2.40. The molecule has 2 aromatic heterocycles. The van der Waals surface area contributed by atoms with Crippen LogP contribution >= 0.6 is 11.3 Å². The smallest absolute Gasteiger partial charge is 0.274 e. The second-order valence-corrected chi connectivity index (χ2v) is 3.59. The summed E-state index contributed by atoms with van der Waals surface area (Å²) in [6.45, 7) is 1.84. The third kappa shape index (κ3) is 1.51. The van der Waals surface area contributed by atoms with Crippen LogP contribution in [0.1, 0.15) is 5.69 Å². The Morgan fingerprint density at radius 2 is 2.29 bits per heavy atom. The molecule has 0 unspecified atom stereocenters. The fourth-order valence-corrected chi connectivity index (χ4v) is 1.80. The maximum absolute atomic E-state index is 11.3. The Kier molecular flexibility index (Phi) is 2.05. The van der Waals surface area contributed by atoms with Crippen LogP contribution in [0.15, 0.2) is 27.2 Å². The average molecular weight is 209 g/mol. The molecule has 2 aromatic rings. The van der Waals surface area contributed by atoms with Crippen molar-refractivity contribution < 1.29 is 0 Å². The van der Waals surface area contributed by atoms with Crippen LogP contribution < -0.4 is 11.2 Å². The van der Waals surface area contributed by atoms with Gasteiger partial charge in [0.2, 0.25) is 0 Å². The molecule has 0 saturated carbocycles. The first-order valence-corrected chi connectivity index (χ1v) is 4.79. The topological polar surface area (TPSA) is 67.8 Å². The van der Waals surface area contributed by atoms with E-state index in [0.717, 1.165) is 5.69 Å². The van der Waals surface area contributed by atoms with Gasteiger partial charge in [-0.25, -0.2) is 14.3 Å². The molecule has 0 bridgehead atoms. The zero-order valence-electron chi connectivity index (χ0n) is 7.35. The number of hydrogen-bond acceptors (Lipinski definition) is 4.